The summed E-state index contributed by atoms with van der Waals surface area (Å²) in [4.78, 5) is 5.64. The molecule has 0 spiro atoms. The van der Waals surface area contributed by atoms with Crippen LogP contribution in [-0.4, -0.2) is 12.5 Å². The molecule has 0 unspecified atom stereocenters. The Morgan fingerprint density at radius 2 is 1.20 bits per heavy atom. The Balaban J connectivity index is 2.12. The van der Waals surface area contributed by atoms with Crippen LogP contribution in [-0.2, 0) is 0 Å². The molecule has 0 atom stereocenters. The van der Waals surface area contributed by atoms with Crippen molar-refractivity contribution in [2.75, 3.05) is 12.5 Å². The number of hydrogen-bond acceptors (Lipinski definition) is 4. The van der Waals surface area contributed by atoms with E-state index in [0.29, 0.717) is 0 Å². The quantitative estimate of drug-likeness (QED) is 0.585. The molecule has 0 saturated heterocycles. The molecule has 1 heterocycles. The van der Waals surface area contributed by atoms with Gasteiger partial charge in [0.25, 0.3) is 0 Å². The third-order valence-electron chi connectivity index (χ3n) is 3.65. The number of rotatable bonds is 2. The van der Waals surface area contributed by atoms with E-state index in [2.05, 4.69) is 47.6 Å². The molecule has 2 aromatic carbocycles. The summed E-state index contributed by atoms with van der Waals surface area (Å²) < 4.78 is 0. The smallest absolute Gasteiger partial charge is 0.0341 e. The maximum Gasteiger partial charge on any atom is 0.0341 e. The molecule has 1 aliphatic carbocycles. The van der Waals surface area contributed by atoms with Gasteiger partial charge in [0.1, 0.15) is 0 Å². The lowest BCUT2D eigenvalue weighted by Crippen LogP contribution is -1.86. The van der Waals surface area contributed by atoms with Crippen molar-refractivity contribution in [3.05, 3.63) is 46.2 Å². The minimum Gasteiger partial charge on any atom is -0.129 e. The van der Waals surface area contributed by atoms with E-state index in [1.54, 1.807) is 0 Å². The minimum absolute atomic E-state index is 1.39. The van der Waals surface area contributed by atoms with Crippen LogP contribution in [0.5, 0.6) is 0 Å². The predicted molar refractivity (Wildman–Crippen MR) is 98.6 cm³/mol. The molecule has 0 radical (unpaired) electrons. The van der Waals surface area contributed by atoms with Gasteiger partial charge in [-0.2, -0.15) is 0 Å². The molecular formula is C16H12S4. The van der Waals surface area contributed by atoms with Crippen LogP contribution < -0.4 is 0 Å². The second kappa shape index (κ2) is 5.09. The van der Waals surface area contributed by atoms with Crippen LogP contribution in [0.2, 0.25) is 0 Å². The molecule has 0 saturated carbocycles. The summed E-state index contributed by atoms with van der Waals surface area (Å²) in [6, 6.07) is 9.17. The first-order chi connectivity index (χ1) is 9.85. The molecule has 0 bridgehead atoms. The lowest BCUT2D eigenvalue weighted by Gasteiger charge is -2.11. The zero-order valence-electron chi connectivity index (χ0n) is 11.1. The molecule has 0 nitrogen and oxygen atoms in total. The van der Waals surface area contributed by atoms with Crippen molar-refractivity contribution in [1.82, 2.24) is 0 Å². The van der Waals surface area contributed by atoms with E-state index >= 15 is 0 Å². The van der Waals surface area contributed by atoms with Gasteiger partial charge in [-0.15, -0.1) is 23.5 Å². The Hall–Kier alpha value is -0.420. The second-order valence-corrected chi connectivity index (χ2v) is 8.08. The van der Waals surface area contributed by atoms with Crippen molar-refractivity contribution in [3.63, 3.8) is 0 Å². The Kier molecular flexibility index (Phi) is 3.38. The molecule has 2 aliphatic rings. The van der Waals surface area contributed by atoms with Crippen molar-refractivity contribution in [2.45, 2.75) is 9.79 Å². The van der Waals surface area contributed by atoms with Gasteiger partial charge in [-0.1, -0.05) is 35.7 Å². The molecule has 2 aromatic rings. The molecule has 4 heteroatoms. The largest absolute Gasteiger partial charge is 0.129 e. The van der Waals surface area contributed by atoms with E-state index in [0.717, 1.165) is 0 Å². The highest BCUT2D eigenvalue weighted by atomic mass is 32.2. The van der Waals surface area contributed by atoms with E-state index in [1.165, 1.54) is 41.5 Å². The molecule has 0 amide bonds. The van der Waals surface area contributed by atoms with Crippen LogP contribution in [0.3, 0.4) is 0 Å². The fourth-order valence-corrected chi connectivity index (χ4v) is 6.16. The first kappa shape index (κ1) is 13.3. The second-order valence-electron chi connectivity index (χ2n) is 4.55. The standard InChI is InChI=1S/C16H12S4/c1-17-11-5-3-9-13-10(4-6-12(18-2)14(11)13)16-15(9)19-7-8-20-16/h3-8H,1-2H3. The van der Waals surface area contributed by atoms with E-state index in [9.17, 15) is 0 Å². The minimum atomic E-state index is 1.39. The summed E-state index contributed by atoms with van der Waals surface area (Å²) in [6.07, 6.45) is 4.34. The molecular weight excluding hydrogens is 320 g/mol. The van der Waals surface area contributed by atoms with Gasteiger partial charge >= 0.3 is 0 Å². The number of fused-ring (bicyclic) bond motifs is 2. The van der Waals surface area contributed by atoms with Gasteiger partial charge in [-0.25, -0.2) is 0 Å². The molecule has 100 valence electrons. The summed E-state index contributed by atoms with van der Waals surface area (Å²) in [7, 11) is 0. The van der Waals surface area contributed by atoms with Gasteiger partial charge in [-0.3, -0.25) is 0 Å². The Morgan fingerprint density at radius 1 is 0.700 bits per heavy atom. The van der Waals surface area contributed by atoms with Crippen molar-refractivity contribution in [3.8, 4) is 0 Å². The zero-order chi connectivity index (χ0) is 13.7. The van der Waals surface area contributed by atoms with Gasteiger partial charge in [0, 0.05) is 30.4 Å². The topological polar surface area (TPSA) is 0 Å². The third kappa shape index (κ3) is 1.75. The first-order valence-corrected chi connectivity index (χ1v) is 10.5. The van der Waals surface area contributed by atoms with Gasteiger partial charge in [0.05, 0.1) is 0 Å². The first-order valence-electron chi connectivity index (χ1n) is 6.26. The van der Waals surface area contributed by atoms with Crippen LogP contribution in [0.1, 0.15) is 11.1 Å². The fraction of sp³-hybridized carbons (Fsp3) is 0.125. The van der Waals surface area contributed by atoms with Crippen LogP contribution in [0, 0.1) is 0 Å². The van der Waals surface area contributed by atoms with Crippen molar-refractivity contribution in [2.24, 2.45) is 0 Å². The molecule has 0 N–H and O–H groups in total. The van der Waals surface area contributed by atoms with E-state index in [1.807, 2.05) is 47.0 Å². The number of hydrogen-bond donors (Lipinski definition) is 0. The van der Waals surface area contributed by atoms with Gasteiger partial charge in [-0.05, 0) is 46.6 Å². The average molecular weight is 333 g/mol. The maximum atomic E-state index is 2.30. The SMILES string of the molecule is CSc1ccc2c3c(ccc(SC)c13)C1=C2SC=CS1. The van der Waals surface area contributed by atoms with E-state index < -0.39 is 0 Å². The van der Waals surface area contributed by atoms with Crippen molar-refractivity contribution < 1.29 is 0 Å². The monoisotopic (exact) mass is 332 g/mol. The normalized spacial score (nSPS) is 16.1. The van der Waals surface area contributed by atoms with Crippen molar-refractivity contribution in [1.29, 1.82) is 0 Å². The summed E-state index contributed by atoms with van der Waals surface area (Å²) in [5.41, 5.74) is 2.83. The summed E-state index contributed by atoms with van der Waals surface area (Å²) in [5.74, 6) is 0. The highest BCUT2D eigenvalue weighted by Crippen LogP contribution is 2.56. The van der Waals surface area contributed by atoms with E-state index in [4.69, 9.17) is 0 Å². The highest BCUT2D eigenvalue weighted by Gasteiger charge is 2.27. The van der Waals surface area contributed by atoms with E-state index in [-0.39, 0.29) is 0 Å². The summed E-state index contributed by atoms with van der Waals surface area (Å²) in [6.45, 7) is 0. The summed E-state index contributed by atoms with van der Waals surface area (Å²) >= 11 is 7.40. The molecule has 0 aromatic heterocycles. The summed E-state index contributed by atoms with van der Waals surface area (Å²) in [5, 5.41) is 7.28. The van der Waals surface area contributed by atoms with Crippen molar-refractivity contribution >= 4 is 67.6 Å². The highest BCUT2D eigenvalue weighted by molar-refractivity contribution is 8.19. The number of benzene rings is 2. The zero-order valence-corrected chi connectivity index (χ0v) is 14.4. The van der Waals surface area contributed by atoms with Crippen LogP contribution in [0.15, 0.2) is 44.9 Å². The van der Waals surface area contributed by atoms with Gasteiger partial charge in [0.2, 0.25) is 0 Å². The average Bonchev–Trinajstić information content (AvgIpc) is 2.84. The fourth-order valence-electron chi connectivity index (χ4n) is 2.82. The molecule has 4 rings (SSSR count). The molecule has 20 heavy (non-hydrogen) atoms. The van der Waals surface area contributed by atoms with Crippen LogP contribution in [0.4, 0.5) is 0 Å². The predicted octanol–water partition coefficient (Wildman–Crippen LogP) is 6.37. The third-order valence-corrected chi connectivity index (χ3v) is 7.37. The Labute approximate surface area is 135 Å². The Bertz CT molecular complexity index is 726. The van der Waals surface area contributed by atoms with Crippen LogP contribution in [0.25, 0.3) is 20.6 Å². The number of thioether (sulfide) groups is 4. The molecule has 1 aliphatic heterocycles. The van der Waals surface area contributed by atoms with Crippen LogP contribution >= 0.6 is 47.0 Å². The maximum absolute atomic E-state index is 2.30. The Morgan fingerprint density at radius 3 is 1.65 bits per heavy atom. The lowest BCUT2D eigenvalue weighted by atomic mass is 10.0. The molecule has 0 fully saturated rings. The lowest BCUT2D eigenvalue weighted by molar-refractivity contribution is 1.44. The van der Waals surface area contributed by atoms with Gasteiger partial charge in [0.15, 0.2) is 0 Å². The van der Waals surface area contributed by atoms with Gasteiger partial charge < -0.3 is 0 Å².